The lowest BCUT2D eigenvalue weighted by molar-refractivity contribution is 0.0972. The van der Waals surface area contributed by atoms with Crippen molar-refractivity contribution in [3.63, 3.8) is 0 Å². The van der Waals surface area contributed by atoms with Gasteiger partial charge in [0.05, 0.1) is 6.61 Å². The number of rotatable bonds is 7. The molecule has 0 heterocycles. The third-order valence-corrected chi connectivity index (χ3v) is 4.02. The Morgan fingerprint density at radius 1 is 1.29 bits per heavy atom. The lowest BCUT2D eigenvalue weighted by atomic mass is 10.0. The molecule has 0 N–H and O–H groups in total. The van der Waals surface area contributed by atoms with Crippen LogP contribution in [-0.2, 0) is 11.2 Å². The van der Waals surface area contributed by atoms with Crippen LogP contribution in [0.5, 0.6) is 0 Å². The summed E-state index contributed by atoms with van der Waals surface area (Å²) in [4.78, 5) is 0. The molecule has 1 aromatic rings. The van der Waals surface area contributed by atoms with Gasteiger partial charge in [-0.15, -0.1) is 11.6 Å². The first kappa shape index (κ1) is 13.4. The fourth-order valence-corrected chi connectivity index (χ4v) is 2.26. The maximum absolute atomic E-state index is 5.99. The van der Waals surface area contributed by atoms with Crippen molar-refractivity contribution in [2.45, 2.75) is 19.3 Å². The van der Waals surface area contributed by atoms with Crippen LogP contribution in [0, 0.1) is 11.8 Å². The molecule has 1 unspecified atom stereocenters. The lowest BCUT2D eigenvalue weighted by Crippen LogP contribution is -2.15. The van der Waals surface area contributed by atoms with Gasteiger partial charge in [-0.25, -0.2) is 0 Å². The van der Waals surface area contributed by atoms with Crippen LogP contribution in [0.15, 0.2) is 28.7 Å². The summed E-state index contributed by atoms with van der Waals surface area (Å²) in [5, 5.41) is 0. The van der Waals surface area contributed by atoms with Crippen molar-refractivity contribution in [3.05, 3.63) is 34.3 Å². The highest BCUT2D eigenvalue weighted by Gasteiger charge is 2.21. The molecule has 2 rings (SSSR count). The van der Waals surface area contributed by atoms with Crippen LogP contribution in [0.2, 0.25) is 0 Å². The normalized spacial score (nSPS) is 17.1. The summed E-state index contributed by atoms with van der Waals surface area (Å²) in [7, 11) is 0. The molecule has 0 saturated heterocycles. The molecule has 0 amide bonds. The van der Waals surface area contributed by atoms with E-state index in [1.54, 1.807) is 0 Å². The van der Waals surface area contributed by atoms with Crippen LogP contribution in [0.4, 0.5) is 0 Å². The number of benzene rings is 1. The van der Waals surface area contributed by atoms with Crippen molar-refractivity contribution in [2.75, 3.05) is 19.1 Å². The highest BCUT2D eigenvalue weighted by atomic mass is 79.9. The van der Waals surface area contributed by atoms with Gasteiger partial charge in [0, 0.05) is 17.0 Å². The molecule has 0 radical (unpaired) electrons. The molecule has 0 spiro atoms. The minimum Gasteiger partial charge on any atom is -0.381 e. The molecule has 94 valence electrons. The first-order valence-electron chi connectivity index (χ1n) is 6.16. The lowest BCUT2D eigenvalue weighted by Gasteiger charge is -2.14. The molecule has 1 aliphatic carbocycles. The number of halogens is 2. The first-order chi connectivity index (χ1) is 8.28. The Bertz CT molecular complexity index is 335. The average Bonchev–Trinajstić information content (AvgIpc) is 3.14. The molecule has 3 heteroatoms. The molecule has 1 nitrogen and oxygen atoms in total. The zero-order valence-corrected chi connectivity index (χ0v) is 12.2. The van der Waals surface area contributed by atoms with E-state index >= 15 is 0 Å². The molecule has 0 bridgehead atoms. The Kier molecular flexibility index (Phi) is 5.33. The Morgan fingerprint density at radius 3 is 2.59 bits per heavy atom. The Balaban J connectivity index is 1.74. The monoisotopic (exact) mass is 316 g/mol. The van der Waals surface area contributed by atoms with Crippen LogP contribution in [0.1, 0.15) is 18.4 Å². The van der Waals surface area contributed by atoms with E-state index in [1.165, 1.54) is 18.4 Å². The summed E-state index contributed by atoms with van der Waals surface area (Å²) in [5.41, 5.74) is 1.33. The second-order valence-electron chi connectivity index (χ2n) is 4.83. The summed E-state index contributed by atoms with van der Waals surface area (Å²) in [5.74, 6) is 1.93. The predicted octanol–water partition coefficient (Wildman–Crippen LogP) is 4.27. The van der Waals surface area contributed by atoms with Crippen molar-refractivity contribution >= 4 is 27.5 Å². The SMILES string of the molecule is ClCC(COCC1CC1)Cc1ccc(Br)cc1. The van der Waals surface area contributed by atoms with Gasteiger partial charge in [0.1, 0.15) is 0 Å². The largest absolute Gasteiger partial charge is 0.381 e. The van der Waals surface area contributed by atoms with E-state index < -0.39 is 0 Å². The number of ether oxygens (including phenoxy) is 1. The zero-order chi connectivity index (χ0) is 12.1. The third kappa shape index (κ3) is 4.99. The highest BCUT2D eigenvalue weighted by Crippen LogP contribution is 2.29. The topological polar surface area (TPSA) is 9.23 Å². The van der Waals surface area contributed by atoms with E-state index in [2.05, 4.69) is 40.2 Å². The van der Waals surface area contributed by atoms with Crippen molar-refractivity contribution in [3.8, 4) is 0 Å². The summed E-state index contributed by atoms with van der Waals surface area (Å²) >= 11 is 9.43. The summed E-state index contributed by atoms with van der Waals surface area (Å²) in [6.45, 7) is 1.71. The second kappa shape index (κ2) is 6.77. The van der Waals surface area contributed by atoms with Gasteiger partial charge in [0.15, 0.2) is 0 Å². The molecule has 1 fully saturated rings. The van der Waals surface area contributed by atoms with E-state index in [-0.39, 0.29) is 0 Å². The van der Waals surface area contributed by atoms with Gasteiger partial charge in [-0.05, 0) is 48.8 Å². The van der Waals surface area contributed by atoms with Gasteiger partial charge < -0.3 is 4.74 Å². The molecule has 1 saturated carbocycles. The van der Waals surface area contributed by atoms with Crippen LogP contribution in [0.25, 0.3) is 0 Å². The molecule has 0 aliphatic heterocycles. The maximum Gasteiger partial charge on any atom is 0.0509 e. The summed E-state index contributed by atoms with van der Waals surface area (Å²) < 4.78 is 6.83. The fraction of sp³-hybridized carbons (Fsp3) is 0.571. The van der Waals surface area contributed by atoms with Crippen molar-refractivity contribution < 1.29 is 4.74 Å². The minimum atomic E-state index is 0.427. The van der Waals surface area contributed by atoms with Crippen LogP contribution in [-0.4, -0.2) is 19.1 Å². The molecular weight excluding hydrogens is 300 g/mol. The summed E-state index contributed by atoms with van der Waals surface area (Å²) in [6.07, 6.45) is 3.69. The molecule has 1 atom stereocenters. The molecule has 1 aliphatic rings. The van der Waals surface area contributed by atoms with E-state index in [0.717, 1.165) is 30.0 Å². The van der Waals surface area contributed by atoms with Gasteiger partial charge in [0.2, 0.25) is 0 Å². The van der Waals surface area contributed by atoms with Gasteiger partial charge >= 0.3 is 0 Å². The third-order valence-electron chi connectivity index (χ3n) is 3.06. The van der Waals surface area contributed by atoms with Crippen LogP contribution < -0.4 is 0 Å². The van der Waals surface area contributed by atoms with Crippen molar-refractivity contribution in [2.24, 2.45) is 11.8 Å². The quantitative estimate of drug-likeness (QED) is 0.682. The summed E-state index contributed by atoms with van der Waals surface area (Å²) in [6, 6.07) is 8.44. The van der Waals surface area contributed by atoms with E-state index in [1.807, 2.05) is 0 Å². The minimum absolute atomic E-state index is 0.427. The first-order valence-corrected chi connectivity index (χ1v) is 7.49. The highest BCUT2D eigenvalue weighted by molar-refractivity contribution is 9.10. The number of hydrogen-bond donors (Lipinski definition) is 0. The number of alkyl halides is 1. The van der Waals surface area contributed by atoms with E-state index in [4.69, 9.17) is 16.3 Å². The smallest absolute Gasteiger partial charge is 0.0509 e. The Hall–Kier alpha value is -0.0500. The van der Waals surface area contributed by atoms with E-state index in [0.29, 0.717) is 11.8 Å². The number of hydrogen-bond acceptors (Lipinski definition) is 1. The second-order valence-corrected chi connectivity index (χ2v) is 6.06. The zero-order valence-electron chi connectivity index (χ0n) is 9.87. The van der Waals surface area contributed by atoms with Crippen LogP contribution >= 0.6 is 27.5 Å². The fourth-order valence-electron chi connectivity index (χ4n) is 1.80. The van der Waals surface area contributed by atoms with Crippen molar-refractivity contribution in [1.29, 1.82) is 0 Å². The average molecular weight is 318 g/mol. The van der Waals surface area contributed by atoms with Gasteiger partial charge in [0.25, 0.3) is 0 Å². The maximum atomic E-state index is 5.99. The molecule has 1 aromatic carbocycles. The Labute approximate surface area is 117 Å². The molecular formula is C14H18BrClO. The van der Waals surface area contributed by atoms with Crippen LogP contribution in [0.3, 0.4) is 0 Å². The molecule has 0 aromatic heterocycles. The van der Waals surface area contributed by atoms with Gasteiger partial charge in [-0.2, -0.15) is 0 Å². The molecule has 17 heavy (non-hydrogen) atoms. The van der Waals surface area contributed by atoms with Crippen molar-refractivity contribution in [1.82, 2.24) is 0 Å². The van der Waals surface area contributed by atoms with Gasteiger partial charge in [-0.1, -0.05) is 28.1 Å². The van der Waals surface area contributed by atoms with E-state index in [9.17, 15) is 0 Å². The predicted molar refractivity (Wildman–Crippen MR) is 75.6 cm³/mol. The van der Waals surface area contributed by atoms with Gasteiger partial charge in [-0.3, -0.25) is 0 Å². The standard InChI is InChI=1S/C14H18BrClO/c15-14-5-3-11(4-6-14)7-13(8-16)10-17-9-12-1-2-12/h3-6,12-13H,1-2,7-10H2. The Morgan fingerprint density at radius 2 is 2.00 bits per heavy atom.